The van der Waals surface area contributed by atoms with Gasteiger partial charge in [0.25, 0.3) is 0 Å². The lowest BCUT2D eigenvalue weighted by Crippen LogP contribution is -1.90. The Kier molecular flexibility index (Phi) is 2.07. The van der Waals surface area contributed by atoms with E-state index in [0.717, 1.165) is 5.56 Å². The third-order valence-corrected chi connectivity index (χ3v) is 1.39. The van der Waals surface area contributed by atoms with Gasteiger partial charge in [-0.15, -0.1) is 0 Å². The molecular weight excluding hydrogens is 140 g/mol. The summed E-state index contributed by atoms with van der Waals surface area (Å²) in [6, 6.07) is 3.76. The Bertz CT molecular complexity index is 301. The Morgan fingerprint density at radius 2 is 2.36 bits per heavy atom. The molecule has 0 saturated carbocycles. The molecule has 0 aliphatic rings. The number of hydrogen-bond donors (Lipinski definition) is 0. The zero-order valence-corrected chi connectivity index (χ0v) is 6.46. The molecule has 0 saturated heterocycles. The second-order valence-electron chi connectivity index (χ2n) is 2.15. The molecule has 11 heavy (non-hydrogen) atoms. The minimum Gasteiger partial charge on any atom is -0.495 e. The van der Waals surface area contributed by atoms with Gasteiger partial charge >= 0.3 is 0 Å². The molecule has 1 rings (SSSR count). The lowest BCUT2D eigenvalue weighted by Gasteiger charge is -1.99. The van der Waals surface area contributed by atoms with Crippen molar-refractivity contribution in [1.29, 1.82) is 5.26 Å². The molecule has 1 aromatic rings. The topological polar surface area (TPSA) is 45.9 Å². The van der Waals surface area contributed by atoms with Gasteiger partial charge in [0.1, 0.15) is 17.5 Å². The third-order valence-electron chi connectivity index (χ3n) is 1.39. The number of ether oxygens (including phenoxy) is 1. The second-order valence-corrected chi connectivity index (χ2v) is 2.15. The standard InChI is InChI=1S/C8H8N2O/c1-6-3-7(11-2)5-10-8(6)4-9/h3,5H,1-2H3. The fourth-order valence-electron chi connectivity index (χ4n) is 0.778. The fourth-order valence-corrected chi connectivity index (χ4v) is 0.778. The van der Waals surface area contributed by atoms with Crippen LogP contribution >= 0.6 is 0 Å². The molecule has 0 aromatic carbocycles. The van der Waals surface area contributed by atoms with Crippen LogP contribution in [0.3, 0.4) is 0 Å². The largest absolute Gasteiger partial charge is 0.495 e. The number of aryl methyl sites for hydroxylation is 1. The summed E-state index contributed by atoms with van der Waals surface area (Å²) in [6.45, 7) is 1.83. The molecule has 3 nitrogen and oxygen atoms in total. The van der Waals surface area contributed by atoms with Crippen molar-refractivity contribution >= 4 is 0 Å². The average Bonchev–Trinajstić information content (AvgIpc) is 2.04. The summed E-state index contributed by atoms with van der Waals surface area (Å²) in [5.41, 5.74) is 1.29. The minimum absolute atomic E-state index is 0.450. The Labute approximate surface area is 65.3 Å². The lowest BCUT2D eigenvalue weighted by atomic mass is 10.2. The van der Waals surface area contributed by atoms with Crippen LogP contribution in [0.5, 0.6) is 5.75 Å². The molecule has 56 valence electrons. The third kappa shape index (κ3) is 1.47. The van der Waals surface area contributed by atoms with Crippen LogP contribution in [-0.2, 0) is 0 Å². The molecule has 0 spiro atoms. The maximum Gasteiger partial charge on any atom is 0.143 e. The van der Waals surface area contributed by atoms with E-state index in [2.05, 4.69) is 4.98 Å². The van der Waals surface area contributed by atoms with Crippen molar-refractivity contribution in [2.45, 2.75) is 6.92 Å². The Morgan fingerprint density at radius 1 is 1.64 bits per heavy atom. The average molecular weight is 148 g/mol. The molecule has 0 fully saturated rings. The van der Waals surface area contributed by atoms with E-state index >= 15 is 0 Å². The van der Waals surface area contributed by atoms with E-state index in [1.54, 1.807) is 13.2 Å². The molecule has 0 aliphatic carbocycles. The first kappa shape index (κ1) is 7.55. The molecule has 0 unspecified atom stereocenters. The lowest BCUT2D eigenvalue weighted by molar-refractivity contribution is 0.412. The van der Waals surface area contributed by atoms with Crippen molar-refractivity contribution in [2.75, 3.05) is 7.11 Å². The predicted octanol–water partition coefficient (Wildman–Crippen LogP) is 1.27. The summed E-state index contributed by atoms with van der Waals surface area (Å²) in [6.07, 6.45) is 1.53. The van der Waals surface area contributed by atoms with E-state index < -0.39 is 0 Å². The number of methoxy groups -OCH3 is 1. The number of aromatic nitrogens is 1. The van der Waals surface area contributed by atoms with E-state index in [4.69, 9.17) is 10.00 Å². The van der Waals surface area contributed by atoms with Gasteiger partial charge < -0.3 is 4.74 Å². The van der Waals surface area contributed by atoms with Crippen LogP contribution in [0.15, 0.2) is 12.3 Å². The number of nitrogens with zero attached hydrogens (tertiary/aromatic N) is 2. The zero-order valence-electron chi connectivity index (χ0n) is 6.46. The number of nitriles is 1. The Morgan fingerprint density at radius 3 is 2.82 bits per heavy atom. The highest BCUT2D eigenvalue weighted by Gasteiger charge is 1.98. The van der Waals surface area contributed by atoms with E-state index in [1.165, 1.54) is 6.20 Å². The summed E-state index contributed by atoms with van der Waals surface area (Å²) >= 11 is 0. The first-order chi connectivity index (χ1) is 5.27. The monoisotopic (exact) mass is 148 g/mol. The van der Waals surface area contributed by atoms with Crippen LogP contribution in [0.2, 0.25) is 0 Å². The summed E-state index contributed by atoms with van der Waals surface area (Å²) in [5, 5.41) is 8.53. The summed E-state index contributed by atoms with van der Waals surface area (Å²) in [5.74, 6) is 0.682. The highest BCUT2D eigenvalue weighted by molar-refractivity contribution is 5.34. The fraction of sp³-hybridized carbons (Fsp3) is 0.250. The van der Waals surface area contributed by atoms with E-state index in [-0.39, 0.29) is 0 Å². The van der Waals surface area contributed by atoms with Gasteiger partial charge in [0.15, 0.2) is 0 Å². The molecule has 0 bridgehead atoms. The quantitative estimate of drug-likeness (QED) is 0.602. The maximum absolute atomic E-state index is 8.53. The summed E-state index contributed by atoms with van der Waals surface area (Å²) in [7, 11) is 1.57. The summed E-state index contributed by atoms with van der Waals surface area (Å²) < 4.78 is 4.92. The van der Waals surface area contributed by atoms with Gasteiger partial charge in [-0.05, 0) is 18.6 Å². The van der Waals surface area contributed by atoms with Gasteiger partial charge in [0.2, 0.25) is 0 Å². The smallest absolute Gasteiger partial charge is 0.143 e. The molecule has 0 amide bonds. The van der Waals surface area contributed by atoms with Crippen molar-refractivity contribution in [2.24, 2.45) is 0 Å². The molecular formula is C8H8N2O. The van der Waals surface area contributed by atoms with E-state index in [0.29, 0.717) is 11.4 Å². The molecule has 0 radical (unpaired) electrons. The minimum atomic E-state index is 0.450. The number of pyridine rings is 1. The van der Waals surface area contributed by atoms with E-state index in [9.17, 15) is 0 Å². The van der Waals surface area contributed by atoms with Crippen LogP contribution < -0.4 is 4.74 Å². The molecule has 0 N–H and O–H groups in total. The van der Waals surface area contributed by atoms with Crippen molar-refractivity contribution in [3.63, 3.8) is 0 Å². The first-order valence-electron chi connectivity index (χ1n) is 3.18. The molecule has 0 atom stereocenters. The van der Waals surface area contributed by atoms with Crippen LogP contribution in [0.25, 0.3) is 0 Å². The maximum atomic E-state index is 8.53. The van der Waals surface area contributed by atoms with Gasteiger partial charge in [0.05, 0.1) is 13.3 Å². The Hall–Kier alpha value is -1.56. The molecule has 1 aromatic heterocycles. The van der Waals surface area contributed by atoms with Gasteiger partial charge in [-0.1, -0.05) is 0 Å². The Balaban J connectivity index is 3.12. The SMILES string of the molecule is COc1cnc(C#N)c(C)c1. The highest BCUT2D eigenvalue weighted by atomic mass is 16.5. The summed E-state index contributed by atoms with van der Waals surface area (Å²) in [4.78, 5) is 3.88. The van der Waals surface area contributed by atoms with Gasteiger partial charge in [0, 0.05) is 0 Å². The number of hydrogen-bond acceptors (Lipinski definition) is 3. The van der Waals surface area contributed by atoms with Crippen molar-refractivity contribution in [3.8, 4) is 11.8 Å². The van der Waals surface area contributed by atoms with Crippen LogP contribution in [0.1, 0.15) is 11.3 Å². The van der Waals surface area contributed by atoms with Crippen LogP contribution in [-0.4, -0.2) is 12.1 Å². The van der Waals surface area contributed by atoms with Crippen molar-refractivity contribution < 1.29 is 4.74 Å². The first-order valence-corrected chi connectivity index (χ1v) is 3.18. The zero-order chi connectivity index (χ0) is 8.27. The van der Waals surface area contributed by atoms with Crippen LogP contribution in [0, 0.1) is 18.3 Å². The number of rotatable bonds is 1. The van der Waals surface area contributed by atoms with Gasteiger partial charge in [-0.25, -0.2) is 4.98 Å². The van der Waals surface area contributed by atoms with Crippen LogP contribution in [0.4, 0.5) is 0 Å². The van der Waals surface area contributed by atoms with Gasteiger partial charge in [-0.3, -0.25) is 0 Å². The van der Waals surface area contributed by atoms with E-state index in [1.807, 2.05) is 13.0 Å². The molecule has 0 aliphatic heterocycles. The molecule has 1 heterocycles. The predicted molar refractivity (Wildman–Crippen MR) is 40.2 cm³/mol. The second kappa shape index (κ2) is 3.02. The highest BCUT2D eigenvalue weighted by Crippen LogP contribution is 2.12. The normalized spacial score (nSPS) is 8.82. The van der Waals surface area contributed by atoms with Crippen molar-refractivity contribution in [1.82, 2.24) is 4.98 Å². The van der Waals surface area contributed by atoms with Gasteiger partial charge in [-0.2, -0.15) is 5.26 Å². The van der Waals surface area contributed by atoms with Crippen molar-refractivity contribution in [3.05, 3.63) is 23.5 Å². The molecule has 3 heteroatoms.